The van der Waals surface area contributed by atoms with Gasteiger partial charge in [-0.15, -0.1) is 0 Å². The topological polar surface area (TPSA) is 200 Å². The van der Waals surface area contributed by atoms with Crippen LogP contribution in [-0.4, -0.2) is 68.4 Å². The van der Waals surface area contributed by atoms with Crippen molar-refractivity contribution in [2.24, 2.45) is 17.8 Å². The number of phenolic OH excluding ortho intramolecular Hbond substituents is 6. The molecular weight excluding hydrogens is 1680 g/mol. The van der Waals surface area contributed by atoms with Gasteiger partial charge in [-0.3, -0.25) is 4.79 Å². The summed E-state index contributed by atoms with van der Waals surface area (Å²) in [6.45, 7) is 30.8. The van der Waals surface area contributed by atoms with Crippen LogP contribution in [0.3, 0.4) is 0 Å². The third-order valence-electron chi connectivity index (χ3n) is 17.0. The van der Waals surface area contributed by atoms with Crippen molar-refractivity contribution in [2.45, 2.75) is 202 Å². The zero-order valence-electron chi connectivity index (χ0n) is 57.7. The molecule has 0 aromatic heterocycles. The van der Waals surface area contributed by atoms with Crippen LogP contribution in [0.25, 0.3) is 0 Å². The van der Waals surface area contributed by atoms with Gasteiger partial charge in [0.2, 0.25) is 0 Å². The number of allylic oxidation sites excluding steroid dienone is 8. The second-order valence-electron chi connectivity index (χ2n) is 24.6. The summed E-state index contributed by atoms with van der Waals surface area (Å²) in [6.07, 6.45) is 26.1. The summed E-state index contributed by atoms with van der Waals surface area (Å²) < 4.78 is 17.1. The SMILES string of the molecule is C=C(C)[C@@H]1CCC(C)=C[C@H]1c1c(O)cc(CCCCC)c(C(=O)OC)c1O.C=C(C)[C@@H]1CCC(C)=C[C@H]1c1c(O)cc(CCCCC)cc1O.C=C(C)[C@H]1C=CC(C)(OC(=O)Cc2ccccc2)CC1.CCCCCc1cc(O)cc(O)c1C(=O)OC.I[CH-]I.[CH3-].[I][V][I]. The second kappa shape index (κ2) is 47.1. The van der Waals surface area contributed by atoms with Gasteiger partial charge in [-0.05, 0) is 189 Å². The summed E-state index contributed by atoms with van der Waals surface area (Å²) in [6, 6.07) is 17.6. The number of halogens is 4. The molecule has 0 amide bonds. The Hall–Kier alpha value is -3.97. The number of benzene rings is 4. The van der Waals surface area contributed by atoms with E-state index < -0.39 is 17.5 Å². The number of ether oxygens (including phenoxy) is 3. The molecule has 1 unspecified atom stereocenters. The quantitative estimate of drug-likeness (QED) is 0.0109. The summed E-state index contributed by atoms with van der Waals surface area (Å²) >= 11 is 9.04. The predicted molar refractivity (Wildman–Crippen MR) is 418 cm³/mol. The number of esters is 3. The molecule has 17 heteroatoms. The zero-order valence-corrected chi connectivity index (χ0v) is 67.7. The van der Waals surface area contributed by atoms with Crippen molar-refractivity contribution in [3.05, 3.63) is 187 Å². The van der Waals surface area contributed by atoms with Crippen LogP contribution in [0.1, 0.15) is 225 Å². The van der Waals surface area contributed by atoms with Gasteiger partial charge in [-0.2, -0.15) is 0 Å². The standard InChI is InChI=1S/C23H32O4.C21H30O2.C18H22O2.C13H18O4.CHI2.CH3.2HI.V/c1-6-7-8-9-16-13-19(24)21(22(25)20(16)23(26)27-5)18-12-15(4)10-11-17(18)14(2)3;1-5-6-7-8-16-12-19(22)21(20(23)13-16)18-11-15(4)9-10-17(18)14(2)3;1-14(2)16-9-11-18(3,12-10-16)20-17(19)13-15-7-5-4-6-8-15;1-3-4-5-6-9-7-10(14)8-11(15)12(9)13(16)17-2;2-1-3;;;;/h12-13,17-18,24-25H,2,6-11H2,1,3-5H3;11-13,17-18,22-23H,2,5-10H2,1,3-4H3;4-9,11,16H,1,10,12-13H2,2-3H3;7-8,14-15H,3-6H2,1-2H3;1H;1H3;2*1H;/q;;;;2*-1;;;+2/p-2/t2*17-,18+;16-,18?;;;;;;/m000....../s1. The van der Waals surface area contributed by atoms with Crippen LogP contribution in [-0.2, 0) is 54.2 Å². The summed E-state index contributed by atoms with van der Waals surface area (Å²) in [5.74, 6) is -0.642. The molecule has 12 nitrogen and oxygen atoms in total. The fourth-order valence-corrected chi connectivity index (χ4v) is 12.0. The zero-order chi connectivity index (χ0) is 70.0. The number of aromatic hydroxyl groups is 6. The molecule has 7 rings (SSSR count). The van der Waals surface area contributed by atoms with E-state index in [-0.39, 0.29) is 82.7 Å². The number of aryl methyl sites for hydroxylation is 3. The van der Waals surface area contributed by atoms with Gasteiger partial charge in [0.1, 0.15) is 51.2 Å². The summed E-state index contributed by atoms with van der Waals surface area (Å²) in [5.41, 5.74) is 10.0. The van der Waals surface area contributed by atoms with E-state index in [0.717, 1.165) is 118 Å². The van der Waals surface area contributed by atoms with E-state index in [0.29, 0.717) is 56.9 Å². The Bertz CT molecular complexity index is 3110. The Morgan fingerprint density at radius 3 is 1.50 bits per heavy atom. The van der Waals surface area contributed by atoms with Crippen molar-refractivity contribution in [3.8, 4) is 34.5 Å². The summed E-state index contributed by atoms with van der Waals surface area (Å²) in [5, 5.41) is 62.0. The van der Waals surface area contributed by atoms with Crippen molar-refractivity contribution in [1.82, 2.24) is 0 Å². The van der Waals surface area contributed by atoms with E-state index in [9.17, 15) is 45.0 Å². The molecule has 521 valence electrons. The van der Waals surface area contributed by atoms with Gasteiger partial charge in [0.15, 0.2) is 0 Å². The second-order valence-corrected chi connectivity index (χ2v) is 40.0. The minimum atomic E-state index is -0.575. The average Bonchev–Trinajstić information content (AvgIpc) is 0.779. The third kappa shape index (κ3) is 29.6. The van der Waals surface area contributed by atoms with E-state index in [2.05, 4.69) is 162 Å². The van der Waals surface area contributed by atoms with E-state index >= 15 is 0 Å². The van der Waals surface area contributed by atoms with Gasteiger partial charge in [0, 0.05) is 29.0 Å². The Balaban J connectivity index is 0.000000613. The molecule has 6 atom stereocenters. The molecule has 0 heterocycles. The minimum absolute atomic E-state index is 0. The van der Waals surface area contributed by atoms with Crippen LogP contribution < -0.4 is 0 Å². The molecule has 6 N–H and O–H groups in total. The van der Waals surface area contributed by atoms with Crippen LogP contribution in [0.15, 0.2) is 133 Å². The summed E-state index contributed by atoms with van der Waals surface area (Å²) in [7, 11) is 3.21. The number of phenols is 6. The molecule has 0 saturated carbocycles. The first-order chi connectivity index (χ1) is 44.2. The fourth-order valence-electron chi connectivity index (χ4n) is 12.0. The molecule has 4 aromatic carbocycles. The van der Waals surface area contributed by atoms with Gasteiger partial charge >= 0.3 is 67.3 Å². The Morgan fingerprint density at radius 2 is 1.06 bits per heavy atom. The van der Waals surface area contributed by atoms with Crippen LogP contribution in [0.4, 0.5) is 0 Å². The molecular formula is C77H106I4O12V-2. The van der Waals surface area contributed by atoms with Gasteiger partial charge in [-0.25, -0.2) is 12.0 Å². The first-order valence-electron chi connectivity index (χ1n) is 32.2. The van der Waals surface area contributed by atoms with Gasteiger partial charge in [-0.1, -0.05) is 155 Å². The number of hydrogen-bond acceptors (Lipinski definition) is 12. The molecule has 4 aromatic rings. The molecule has 3 aliphatic carbocycles. The average molecular weight is 1780 g/mol. The van der Waals surface area contributed by atoms with Crippen molar-refractivity contribution >= 4 is 103 Å². The van der Waals surface area contributed by atoms with Crippen molar-refractivity contribution in [2.75, 3.05) is 14.2 Å². The van der Waals surface area contributed by atoms with E-state index in [1.54, 1.807) is 6.07 Å². The van der Waals surface area contributed by atoms with Gasteiger partial charge in [0.05, 0.1) is 20.6 Å². The van der Waals surface area contributed by atoms with Gasteiger partial charge in [0.25, 0.3) is 0 Å². The number of methoxy groups -OCH3 is 2. The number of hydrogen-bond donors (Lipinski definition) is 6. The Labute approximate surface area is 620 Å². The molecule has 0 aliphatic heterocycles. The van der Waals surface area contributed by atoms with E-state index in [4.69, 9.17) is 9.47 Å². The first-order valence-corrected chi connectivity index (χ1v) is 43.7. The fraction of sp³-hybridized carbons (Fsp3) is 0.468. The van der Waals surface area contributed by atoms with Crippen molar-refractivity contribution in [3.63, 3.8) is 0 Å². The Morgan fingerprint density at radius 1 is 0.617 bits per heavy atom. The maximum atomic E-state index is 12.4. The molecule has 0 radical (unpaired) electrons. The summed E-state index contributed by atoms with van der Waals surface area (Å²) in [4.78, 5) is 36.0. The number of carbonyl (C=O) groups is 3. The number of unbranched alkanes of at least 4 members (excludes halogenated alkanes) is 6. The molecule has 0 spiro atoms. The molecule has 3 aliphatic rings. The molecule has 0 fully saturated rings. The molecule has 0 bridgehead atoms. The Kier molecular flexibility index (Phi) is 44.1. The van der Waals surface area contributed by atoms with Crippen LogP contribution in [0.2, 0.25) is 0 Å². The van der Waals surface area contributed by atoms with Crippen LogP contribution in [0.5, 0.6) is 34.5 Å². The van der Waals surface area contributed by atoms with Gasteiger partial charge < -0.3 is 97.5 Å². The van der Waals surface area contributed by atoms with Crippen LogP contribution in [0, 0.1) is 27.6 Å². The van der Waals surface area contributed by atoms with E-state index in [1.807, 2.05) is 78.7 Å². The van der Waals surface area contributed by atoms with E-state index in [1.165, 1.54) is 49.8 Å². The predicted octanol–water partition coefficient (Wildman–Crippen LogP) is 22.4. The number of rotatable bonds is 22. The monoisotopic (exact) mass is 1780 g/mol. The van der Waals surface area contributed by atoms with Crippen molar-refractivity contribution < 1.29 is 68.7 Å². The maximum absolute atomic E-state index is 12.4. The molecule has 94 heavy (non-hydrogen) atoms. The molecule has 0 saturated heterocycles. The van der Waals surface area contributed by atoms with Crippen molar-refractivity contribution in [1.29, 1.82) is 0 Å². The van der Waals surface area contributed by atoms with Crippen LogP contribution >= 0.6 is 85.1 Å². The third-order valence-corrected chi connectivity index (χ3v) is 17.0. The first kappa shape index (κ1) is 88.0. The number of carbonyl (C=O) groups excluding carboxylic acids is 3. The normalized spacial score (nSPS) is 18.3.